The number of hydrogen-bond acceptors (Lipinski definition) is 13. The Balaban J connectivity index is 1.10. The average Bonchev–Trinajstić information content (AvgIpc) is 3.06. The zero-order valence-electron chi connectivity index (χ0n) is 24.9. The Labute approximate surface area is 272 Å². The Hall–Kier alpha value is -6.76. The van der Waals surface area contributed by atoms with Crippen LogP contribution in [-0.4, -0.2) is 79.3 Å². The van der Waals surface area contributed by atoms with E-state index in [-0.39, 0.29) is 82.8 Å². The van der Waals surface area contributed by atoms with Gasteiger partial charge in [-0.2, -0.15) is 0 Å². The number of nitrogens with one attached hydrogen (secondary N) is 1. The SMILES string of the molecule is O=C1c2cc([N+](=O)[O-])cc3cc([N+](=O)[O-])cc(c23)C(=O)N1CCCNCCCN1C(=O)c2cc([N+](=O)[O-])cc3cc([N+](=O)[O-])cc(c23)C1=O. The summed E-state index contributed by atoms with van der Waals surface area (Å²) in [6.07, 6.45) is 0.397. The Morgan fingerprint density at radius 2 is 0.735 bits per heavy atom. The summed E-state index contributed by atoms with van der Waals surface area (Å²) >= 11 is 0. The summed E-state index contributed by atoms with van der Waals surface area (Å²) in [7, 11) is 0. The number of hydrogen-bond donors (Lipinski definition) is 1. The fourth-order valence-corrected chi connectivity index (χ4v) is 6.09. The molecular weight excluding hydrogens is 650 g/mol. The van der Waals surface area contributed by atoms with Crippen molar-refractivity contribution in [3.8, 4) is 0 Å². The van der Waals surface area contributed by atoms with Crippen LogP contribution in [0.5, 0.6) is 0 Å². The third-order valence-corrected chi connectivity index (χ3v) is 8.25. The quantitative estimate of drug-likeness (QED) is 0.0971. The molecule has 0 radical (unpaired) electrons. The molecule has 4 aromatic rings. The number of carbonyl (C=O) groups excluding carboxylic acids is 4. The number of carbonyl (C=O) groups is 4. The van der Waals surface area contributed by atoms with Gasteiger partial charge in [-0.15, -0.1) is 0 Å². The molecule has 2 heterocycles. The molecule has 248 valence electrons. The fraction of sp³-hybridized carbons (Fsp3) is 0.200. The lowest BCUT2D eigenvalue weighted by molar-refractivity contribution is -0.385. The third kappa shape index (κ3) is 5.52. The van der Waals surface area contributed by atoms with Crippen LogP contribution in [0, 0.1) is 40.5 Å². The molecule has 0 bridgehead atoms. The average molecular weight is 672 g/mol. The summed E-state index contributed by atoms with van der Waals surface area (Å²) in [4.78, 5) is 97.7. The summed E-state index contributed by atoms with van der Waals surface area (Å²) in [6, 6.07) is 8.35. The van der Waals surface area contributed by atoms with Gasteiger partial charge in [-0.1, -0.05) is 0 Å². The number of rotatable bonds is 12. The van der Waals surface area contributed by atoms with E-state index < -0.39 is 66.1 Å². The van der Waals surface area contributed by atoms with Crippen LogP contribution < -0.4 is 5.32 Å². The molecule has 0 spiro atoms. The van der Waals surface area contributed by atoms with Gasteiger partial charge in [0.05, 0.1) is 41.9 Å². The monoisotopic (exact) mass is 671 g/mol. The third-order valence-electron chi connectivity index (χ3n) is 8.25. The molecule has 1 N–H and O–H groups in total. The normalized spacial score (nSPS) is 13.8. The number of nitrogens with zero attached hydrogens (tertiary/aromatic N) is 6. The Bertz CT molecular complexity index is 1940. The standard InChI is InChI=1S/C30H21N7O12/c38-27-21-11-17(34(42)43)7-15-8-18(35(44)45)12-22(25(15)21)28(39)32(27)5-1-3-31-4-2-6-33-29(40)23-13-19(36(46)47)9-16-10-20(37(48)49)14-24(26(16)23)30(33)41/h7-14,31H,1-6H2. The second-order valence-corrected chi connectivity index (χ2v) is 11.2. The number of non-ortho nitro benzene ring substituents is 4. The van der Waals surface area contributed by atoms with Crippen molar-refractivity contribution in [3.05, 3.63) is 111 Å². The van der Waals surface area contributed by atoms with E-state index in [1.54, 1.807) is 0 Å². The van der Waals surface area contributed by atoms with Crippen LogP contribution in [0.15, 0.2) is 48.5 Å². The molecule has 0 saturated heterocycles. The first-order valence-corrected chi connectivity index (χ1v) is 14.5. The first-order chi connectivity index (χ1) is 23.3. The minimum Gasteiger partial charge on any atom is -0.317 e. The van der Waals surface area contributed by atoms with Crippen LogP contribution in [0.4, 0.5) is 22.7 Å². The fourth-order valence-electron chi connectivity index (χ4n) is 6.09. The minimum absolute atomic E-state index is 0.0127. The maximum absolute atomic E-state index is 13.3. The van der Waals surface area contributed by atoms with Crippen molar-refractivity contribution in [2.75, 3.05) is 26.2 Å². The minimum atomic E-state index is -0.794. The maximum Gasteiger partial charge on any atom is 0.270 e. The second kappa shape index (κ2) is 12.1. The number of nitro groups is 4. The van der Waals surface area contributed by atoms with E-state index in [4.69, 9.17) is 0 Å². The number of benzene rings is 4. The highest BCUT2D eigenvalue weighted by molar-refractivity contribution is 6.27. The van der Waals surface area contributed by atoms with Gasteiger partial charge in [-0.05, 0) is 36.7 Å². The van der Waals surface area contributed by atoms with Gasteiger partial charge in [0.1, 0.15) is 0 Å². The molecular formula is C30H21N7O12. The van der Waals surface area contributed by atoms with Crippen molar-refractivity contribution in [2.45, 2.75) is 12.8 Å². The summed E-state index contributed by atoms with van der Waals surface area (Å²) in [5.74, 6) is -3.17. The lowest BCUT2D eigenvalue weighted by Gasteiger charge is -2.27. The molecule has 0 atom stereocenters. The molecule has 0 fully saturated rings. The smallest absolute Gasteiger partial charge is 0.270 e. The Kier molecular flexibility index (Phi) is 7.96. The molecule has 0 aromatic heterocycles. The first-order valence-electron chi connectivity index (χ1n) is 14.5. The van der Waals surface area contributed by atoms with E-state index in [0.29, 0.717) is 0 Å². The Morgan fingerprint density at radius 1 is 0.469 bits per heavy atom. The topological polar surface area (TPSA) is 259 Å². The van der Waals surface area contributed by atoms with Gasteiger partial charge >= 0.3 is 0 Å². The predicted molar refractivity (Wildman–Crippen MR) is 167 cm³/mol. The highest BCUT2D eigenvalue weighted by atomic mass is 16.6. The van der Waals surface area contributed by atoms with E-state index in [0.717, 1.165) is 58.3 Å². The zero-order chi connectivity index (χ0) is 35.3. The summed E-state index contributed by atoms with van der Waals surface area (Å²) in [5.41, 5.74) is -2.42. The van der Waals surface area contributed by atoms with Gasteiger partial charge in [0.2, 0.25) is 0 Å². The van der Waals surface area contributed by atoms with E-state index in [2.05, 4.69) is 5.32 Å². The summed E-state index contributed by atoms with van der Waals surface area (Å²) in [5, 5.41) is 49.1. The van der Waals surface area contributed by atoms with E-state index in [1.807, 2.05) is 0 Å². The van der Waals surface area contributed by atoms with E-state index in [9.17, 15) is 59.6 Å². The van der Waals surface area contributed by atoms with Gasteiger partial charge in [-0.3, -0.25) is 69.4 Å². The molecule has 0 saturated carbocycles. The van der Waals surface area contributed by atoms with Gasteiger partial charge in [0, 0.05) is 72.4 Å². The molecule has 6 rings (SSSR count). The lowest BCUT2D eigenvalue weighted by atomic mass is 9.92. The molecule has 49 heavy (non-hydrogen) atoms. The molecule has 19 nitrogen and oxygen atoms in total. The van der Waals surface area contributed by atoms with Crippen molar-refractivity contribution >= 4 is 67.9 Å². The van der Waals surface area contributed by atoms with Gasteiger partial charge in [0.15, 0.2) is 0 Å². The maximum atomic E-state index is 13.3. The van der Waals surface area contributed by atoms with Crippen LogP contribution in [-0.2, 0) is 0 Å². The van der Waals surface area contributed by atoms with Crippen molar-refractivity contribution in [2.24, 2.45) is 0 Å². The summed E-state index contributed by atoms with van der Waals surface area (Å²) < 4.78 is 0. The lowest BCUT2D eigenvalue weighted by Crippen LogP contribution is -2.42. The van der Waals surface area contributed by atoms with Crippen molar-refractivity contribution in [3.63, 3.8) is 0 Å². The number of imide groups is 2. The molecule has 4 amide bonds. The highest BCUT2D eigenvalue weighted by Gasteiger charge is 2.37. The summed E-state index contributed by atoms with van der Waals surface area (Å²) in [6.45, 7) is 0.175. The number of nitro benzene ring substituents is 4. The largest absolute Gasteiger partial charge is 0.317 e. The van der Waals surface area contributed by atoms with E-state index >= 15 is 0 Å². The van der Waals surface area contributed by atoms with Gasteiger partial charge < -0.3 is 5.32 Å². The van der Waals surface area contributed by atoms with Crippen molar-refractivity contribution in [1.82, 2.24) is 15.1 Å². The first kappa shape index (κ1) is 32.2. The molecule has 2 aliphatic rings. The predicted octanol–water partition coefficient (Wildman–Crippen LogP) is 3.89. The second-order valence-electron chi connectivity index (χ2n) is 11.2. The highest BCUT2D eigenvalue weighted by Crippen LogP contribution is 2.38. The van der Waals surface area contributed by atoms with Crippen molar-refractivity contribution < 1.29 is 38.9 Å². The number of amides is 4. The molecule has 0 aliphatic carbocycles. The molecule has 19 heteroatoms. The van der Waals surface area contributed by atoms with Crippen LogP contribution >= 0.6 is 0 Å². The van der Waals surface area contributed by atoms with Crippen LogP contribution in [0.2, 0.25) is 0 Å². The molecule has 4 aromatic carbocycles. The van der Waals surface area contributed by atoms with Crippen molar-refractivity contribution in [1.29, 1.82) is 0 Å². The molecule has 0 unspecified atom stereocenters. The van der Waals surface area contributed by atoms with Crippen LogP contribution in [0.3, 0.4) is 0 Å². The van der Waals surface area contributed by atoms with Gasteiger partial charge in [0.25, 0.3) is 46.4 Å². The molecule has 2 aliphatic heterocycles. The zero-order valence-corrected chi connectivity index (χ0v) is 24.9. The van der Waals surface area contributed by atoms with Crippen LogP contribution in [0.25, 0.3) is 21.5 Å². The van der Waals surface area contributed by atoms with Gasteiger partial charge in [-0.25, -0.2) is 0 Å². The van der Waals surface area contributed by atoms with Crippen LogP contribution in [0.1, 0.15) is 54.3 Å². The Morgan fingerprint density at radius 3 is 0.980 bits per heavy atom. The van der Waals surface area contributed by atoms with E-state index in [1.165, 1.54) is 0 Å².